The first kappa shape index (κ1) is 12.9. The van der Waals surface area contributed by atoms with Crippen molar-refractivity contribution in [3.05, 3.63) is 76.8 Å². The molecule has 3 aromatic carbocycles. The normalized spacial score (nSPS) is 10.4. The zero-order valence-corrected chi connectivity index (χ0v) is 12.2. The van der Waals surface area contributed by atoms with E-state index in [9.17, 15) is 4.79 Å². The molecule has 0 fully saturated rings. The number of hydrogen-bond donors (Lipinski definition) is 1. The number of amides is 1. The van der Waals surface area contributed by atoms with Crippen molar-refractivity contribution in [2.24, 2.45) is 0 Å². The van der Waals surface area contributed by atoms with Gasteiger partial charge in [0.2, 0.25) is 0 Å². The van der Waals surface area contributed by atoms with Crippen molar-refractivity contribution < 1.29 is 4.79 Å². The van der Waals surface area contributed by atoms with Gasteiger partial charge in [0.1, 0.15) is 0 Å². The molecule has 0 saturated carbocycles. The lowest BCUT2D eigenvalue weighted by Gasteiger charge is -2.08. The number of benzene rings is 3. The average molecular weight is 326 g/mol. The summed E-state index contributed by atoms with van der Waals surface area (Å²) in [7, 11) is 0. The fraction of sp³-hybridized carbons (Fsp3) is 0. The highest BCUT2D eigenvalue weighted by Gasteiger charge is 2.09. The molecule has 0 radical (unpaired) electrons. The van der Waals surface area contributed by atoms with E-state index < -0.39 is 0 Å². The maximum atomic E-state index is 12.4. The van der Waals surface area contributed by atoms with Crippen LogP contribution in [0.1, 0.15) is 10.4 Å². The molecule has 0 unspecified atom stereocenters. The Morgan fingerprint density at radius 3 is 2.35 bits per heavy atom. The van der Waals surface area contributed by atoms with Gasteiger partial charge < -0.3 is 5.32 Å². The topological polar surface area (TPSA) is 29.1 Å². The van der Waals surface area contributed by atoms with E-state index in [1.807, 2.05) is 66.7 Å². The Hall–Kier alpha value is -2.13. The summed E-state index contributed by atoms with van der Waals surface area (Å²) in [6.45, 7) is 0. The van der Waals surface area contributed by atoms with Crippen molar-refractivity contribution in [3.8, 4) is 0 Å². The maximum Gasteiger partial charge on any atom is 0.256 e. The van der Waals surface area contributed by atoms with Gasteiger partial charge in [0.15, 0.2) is 0 Å². The highest BCUT2D eigenvalue weighted by atomic mass is 79.9. The second-order valence-electron chi connectivity index (χ2n) is 4.49. The molecule has 0 heterocycles. The van der Waals surface area contributed by atoms with E-state index in [0.29, 0.717) is 5.56 Å². The molecule has 0 spiro atoms. The summed E-state index contributed by atoms with van der Waals surface area (Å²) in [5.41, 5.74) is 1.47. The second kappa shape index (κ2) is 5.47. The molecule has 3 heteroatoms. The fourth-order valence-corrected chi connectivity index (χ4v) is 2.42. The van der Waals surface area contributed by atoms with Crippen LogP contribution in [0.3, 0.4) is 0 Å². The number of fused-ring (bicyclic) bond motifs is 1. The van der Waals surface area contributed by atoms with Crippen LogP contribution >= 0.6 is 15.9 Å². The molecule has 0 aliphatic heterocycles. The standard InChI is InChI=1S/C17H12BrNO/c18-13-8-10-14(11-9-13)19-17(20)16-7-3-5-12-4-1-2-6-15(12)16/h1-11H,(H,19,20). The van der Waals surface area contributed by atoms with Crippen molar-refractivity contribution >= 4 is 38.3 Å². The third-order valence-corrected chi connectivity index (χ3v) is 3.67. The lowest BCUT2D eigenvalue weighted by atomic mass is 10.0. The molecule has 1 N–H and O–H groups in total. The van der Waals surface area contributed by atoms with Crippen LogP contribution in [0.4, 0.5) is 5.69 Å². The number of carbonyl (C=O) groups excluding carboxylic acids is 1. The molecule has 0 aromatic heterocycles. The minimum atomic E-state index is -0.0934. The van der Waals surface area contributed by atoms with E-state index in [-0.39, 0.29) is 5.91 Å². The number of halogens is 1. The summed E-state index contributed by atoms with van der Waals surface area (Å²) < 4.78 is 0.987. The Bertz CT molecular complexity index is 760. The molecule has 2 nitrogen and oxygen atoms in total. The average Bonchev–Trinajstić information content (AvgIpc) is 2.49. The molecule has 3 aromatic rings. The number of nitrogens with one attached hydrogen (secondary N) is 1. The smallest absolute Gasteiger partial charge is 0.256 e. The molecule has 1 amide bonds. The van der Waals surface area contributed by atoms with Crippen LogP contribution in [-0.2, 0) is 0 Å². The summed E-state index contributed by atoms with van der Waals surface area (Å²) in [5, 5.41) is 4.95. The van der Waals surface area contributed by atoms with Gasteiger partial charge in [0.05, 0.1) is 0 Å². The van der Waals surface area contributed by atoms with Gasteiger partial charge in [-0.1, -0.05) is 52.3 Å². The zero-order valence-electron chi connectivity index (χ0n) is 10.6. The molecule has 3 rings (SSSR count). The molecule has 0 aliphatic carbocycles. The summed E-state index contributed by atoms with van der Waals surface area (Å²) in [6.07, 6.45) is 0. The number of anilines is 1. The first-order valence-electron chi connectivity index (χ1n) is 6.29. The van der Waals surface area contributed by atoms with E-state index >= 15 is 0 Å². The zero-order chi connectivity index (χ0) is 13.9. The Labute approximate surface area is 125 Å². The van der Waals surface area contributed by atoms with Gasteiger partial charge in [0, 0.05) is 15.7 Å². The molecular weight excluding hydrogens is 314 g/mol. The van der Waals surface area contributed by atoms with Gasteiger partial charge >= 0.3 is 0 Å². The number of rotatable bonds is 2. The van der Waals surface area contributed by atoms with Crippen LogP contribution in [-0.4, -0.2) is 5.91 Å². The highest BCUT2D eigenvalue weighted by Crippen LogP contribution is 2.20. The first-order chi connectivity index (χ1) is 9.74. The molecule has 0 saturated heterocycles. The van der Waals surface area contributed by atoms with E-state index in [1.54, 1.807) is 0 Å². The van der Waals surface area contributed by atoms with E-state index in [2.05, 4.69) is 21.2 Å². The van der Waals surface area contributed by atoms with Gasteiger partial charge in [-0.2, -0.15) is 0 Å². The predicted molar refractivity (Wildman–Crippen MR) is 86.0 cm³/mol. The van der Waals surface area contributed by atoms with Gasteiger partial charge in [-0.15, -0.1) is 0 Å². The fourth-order valence-electron chi connectivity index (χ4n) is 2.16. The Morgan fingerprint density at radius 2 is 1.55 bits per heavy atom. The second-order valence-corrected chi connectivity index (χ2v) is 5.40. The monoisotopic (exact) mass is 325 g/mol. The molecule has 0 bridgehead atoms. The molecule has 0 atom stereocenters. The molecule has 98 valence electrons. The summed E-state index contributed by atoms with van der Waals surface area (Å²) in [5.74, 6) is -0.0934. The summed E-state index contributed by atoms with van der Waals surface area (Å²) in [4.78, 5) is 12.4. The number of carbonyl (C=O) groups is 1. The van der Waals surface area contributed by atoms with Gasteiger partial charge in [-0.05, 0) is 41.1 Å². The number of hydrogen-bond acceptors (Lipinski definition) is 1. The SMILES string of the molecule is O=C(Nc1ccc(Br)cc1)c1cccc2ccccc12. The quantitative estimate of drug-likeness (QED) is 0.716. The molecule has 0 aliphatic rings. The Morgan fingerprint density at radius 1 is 0.850 bits per heavy atom. The van der Waals surface area contributed by atoms with Gasteiger partial charge in [-0.25, -0.2) is 0 Å². The van der Waals surface area contributed by atoms with Crippen molar-refractivity contribution in [1.82, 2.24) is 0 Å². The lowest BCUT2D eigenvalue weighted by molar-refractivity contribution is 0.102. The minimum Gasteiger partial charge on any atom is -0.322 e. The van der Waals surface area contributed by atoms with Crippen molar-refractivity contribution in [3.63, 3.8) is 0 Å². The van der Waals surface area contributed by atoms with Crippen LogP contribution in [0.15, 0.2) is 71.2 Å². The van der Waals surface area contributed by atoms with Crippen LogP contribution in [0.2, 0.25) is 0 Å². The predicted octanol–water partition coefficient (Wildman–Crippen LogP) is 4.85. The minimum absolute atomic E-state index is 0.0934. The van der Waals surface area contributed by atoms with Crippen LogP contribution in [0.25, 0.3) is 10.8 Å². The first-order valence-corrected chi connectivity index (χ1v) is 7.08. The van der Waals surface area contributed by atoms with Gasteiger partial charge in [0.25, 0.3) is 5.91 Å². The van der Waals surface area contributed by atoms with E-state index in [4.69, 9.17) is 0 Å². The summed E-state index contributed by atoms with van der Waals surface area (Å²) in [6, 6.07) is 21.2. The van der Waals surface area contributed by atoms with Crippen molar-refractivity contribution in [2.75, 3.05) is 5.32 Å². The molecular formula is C17H12BrNO. The lowest BCUT2D eigenvalue weighted by Crippen LogP contribution is -2.12. The van der Waals surface area contributed by atoms with Gasteiger partial charge in [-0.3, -0.25) is 4.79 Å². The third kappa shape index (κ3) is 2.58. The van der Waals surface area contributed by atoms with E-state index in [0.717, 1.165) is 20.9 Å². The van der Waals surface area contributed by atoms with Crippen molar-refractivity contribution in [1.29, 1.82) is 0 Å². The van der Waals surface area contributed by atoms with Crippen LogP contribution < -0.4 is 5.32 Å². The maximum absolute atomic E-state index is 12.4. The highest BCUT2D eigenvalue weighted by molar-refractivity contribution is 9.10. The largest absolute Gasteiger partial charge is 0.322 e. The molecule has 20 heavy (non-hydrogen) atoms. The summed E-state index contributed by atoms with van der Waals surface area (Å²) >= 11 is 3.38. The van der Waals surface area contributed by atoms with Crippen molar-refractivity contribution in [2.45, 2.75) is 0 Å². The van der Waals surface area contributed by atoms with Crippen LogP contribution in [0, 0.1) is 0 Å². The van der Waals surface area contributed by atoms with E-state index in [1.165, 1.54) is 0 Å². The third-order valence-electron chi connectivity index (χ3n) is 3.14. The van der Waals surface area contributed by atoms with Crippen LogP contribution in [0.5, 0.6) is 0 Å². The Kier molecular flexibility index (Phi) is 3.52. The Balaban J connectivity index is 1.94.